The van der Waals surface area contributed by atoms with E-state index in [1.807, 2.05) is 13.8 Å². The summed E-state index contributed by atoms with van der Waals surface area (Å²) >= 11 is 0. The fourth-order valence-electron chi connectivity index (χ4n) is 0.888. The first-order valence-electron chi connectivity index (χ1n) is 4.71. The summed E-state index contributed by atoms with van der Waals surface area (Å²) in [5.74, 6) is -0.474. The van der Waals surface area contributed by atoms with Gasteiger partial charge in [-0.25, -0.2) is 4.39 Å². The van der Waals surface area contributed by atoms with Crippen molar-refractivity contribution < 1.29 is 17.9 Å². The molecule has 0 aromatic heterocycles. The van der Waals surface area contributed by atoms with Gasteiger partial charge in [0.15, 0.2) is 0 Å². The van der Waals surface area contributed by atoms with Gasteiger partial charge in [-0.3, -0.25) is 0 Å². The number of ether oxygens (including phenoxy) is 1. The summed E-state index contributed by atoms with van der Waals surface area (Å²) in [6.45, 7) is 6.11. The van der Waals surface area contributed by atoms with Crippen molar-refractivity contribution in [3.05, 3.63) is 29.6 Å². The SMILES string of the molecule is CC.Cc1cc(OC(C)(F)F)ccc1F. The number of hydrogen-bond donors (Lipinski definition) is 0. The molecule has 0 unspecified atom stereocenters. The molecule has 1 aromatic rings. The minimum Gasteiger partial charge on any atom is -0.433 e. The minimum absolute atomic E-state index is 0.0357. The van der Waals surface area contributed by atoms with Crippen LogP contribution in [0.4, 0.5) is 13.2 Å². The lowest BCUT2D eigenvalue weighted by molar-refractivity contribution is -0.159. The van der Waals surface area contributed by atoms with Gasteiger partial charge in [0, 0.05) is 6.92 Å². The van der Waals surface area contributed by atoms with E-state index in [4.69, 9.17) is 0 Å². The zero-order chi connectivity index (χ0) is 12.1. The van der Waals surface area contributed by atoms with E-state index in [9.17, 15) is 13.2 Å². The molecule has 0 aliphatic rings. The summed E-state index contributed by atoms with van der Waals surface area (Å²) in [6, 6.07) is 3.49. The molecule has 0 aliphatic heterocycles. The molecule has 1 rings (SSSR count). The Kier molecular flexibility index (Phi) is 5.19. The van der Waals surface area contributed by atoms with Gasteiger partial charge in [-0.2, -0.15) is 8.78 Å². The topological polar surface area (TPSA) is 9.23 Å². The number of rotatable bonds is 2. The monoisotopic (exact) mass is 220 g/mol. The maximum absolute atomic E-state index is 12.7. The third-order valence-electron chi connectivity index (χ3n) is 1.43. The first-order chi connectivity index (χ1) is 6.88. The Morgan fingerprint density at radius 1 is 1.20 bits per heavy atom. The molecule has 0 fully saturated rings. The van der Waals surface area contributed by atoms with E-state index in [1.165, 1.54) is 19.1 Å². The van der Waals surface area contributed by atoms with E-state index in [0.717, 1.165) is 6.07 Å². The van der Waals surface area contributed by atoms with Crippen molar-refractivity contribution in [2.75, 3.05) is 0 Å². The Balaban J connectivity index is 0.000000921. The fourth-order valence-corrected chi connectivity index (χ4v) is 0.888. The molecule has 4 heteroatoms. The Bertz CT molecular complexity index is 305. The van der Waals surface area contributed by atoms with Gasteiger partial charge in [-0.05, 0) is 30.7 Å². The van der Waals surface area contributed by atoms with Crippen molar-refractivity contribution in [3.8, 4) is 5.75 Å². The third-order valence-corrected chi connectivity index (χ3v) is 1.43. The summed E-state index contributed by atoms with van der Waals surface area (Å²) in [5.41, 5.74) is 0.279. The zero-order valence-electron chi connectivity index (χ0n) is 9.27. The quantitative estimate of drug-likeness (QED) is 0.727. The van der Waals surface area contributed by atoms with E-state index in [1.54, 1.807) is 0 Å². The first-order valence-corrected chi connectivity index (χ1v) is 4.71. The molecule has 0 heterocycles. The molecule has 0 aliphatic carbocycles. The van der Waals surface area contributed by atoms with Crippen molar-refractivity contribution in [2.24, 2.45) is 0 Å². The Hall–Kier alpha value is -1.19. The molecule has 0 atom stereocenters. The maximum Gasteiger partial charge on any atom is 0.394 e. The van der Waals surface area contributed by atoms with Gasteiger partial charge in [-0.1, -0.05) is 13.8 Å². The average Bonchev–Trinajstić information content (AvgIpc) is 2.12. The second kappa shape index (κ2) is 5.63. The van der Waals surface area contributed by atoms with Gasteiger partial charge in [0.05, 0.1) is 0 Å². The Labute approximate surface area is 87.9 Å². The van der Waals surface area contributed by atoms with E-state index < -0.39 is 11.9 Å². The van der Waals surface area contributed by atoms with Crippen LogP contribution in [0.15, 0.2) is 18.2 Å². The molecule has 0 saturated heterocycles. The predicted octanol–water partition coefficient (Wildman–Crippen LogP) is 4.15. The number of hydrogen-bond acceptors (Lipinski definition) is 1. The van der Waals surface area contributed by atoms with Gasteiger partial charge < -0.3 is 4.74 Å². The van der Waals surface area contributed by atoms with Crippen molar-refractivity contribution in [2.45, 2.75) is 33.8 Å². The van der Waals surface area contributed by atoms with Crippen LogP contribution in [-0.2, 0) is 0 Å². The van der Waals surface area contributed by atoms with E-state index >= 15 is 0 Å². The van der Waals surface area contributed by atoms with Crippen LogP contribution in [0.2, 0.25) is 0 Å². The van der Waals surface area contributed by atoms with Gasteiger partial charge in [0.2, 0.25) is 0 Å². The van der Waals surface area contributed by atoms with E-state index in [-0.39, 0.29) is 11.3 Å². The standard InChI is InChI=1S/C9H9F3O.C2H6/c1-6-5-7(3-4-8(6)10)13-9(2,11)12;1-2/h3-5H,1-2H3;1-2H3. The van der Waals surface area contributed by atoms with Crippen LogP contribution in [0.1, 0.15) is 26.3 Å². The average molecular weight is 220 g/mol. The molecule has 0 N–H and O–H groups in total. The molecule has 0 radical (unpaired) electrons. The first kappa shape index (κ1) is 13.8. The van der Waals surface area contributed by atoms with Gasteiger partial charge in [-0.15, -0.1) is 0 Å². The minimum atomic E-state index is -3.23. The highest BCUT2D eigenvalue weighted by Gasteiger charge is 2.23. The van der Waals surface area contributed by atoms with Crippen LogP contribution < -0.4 is 4.74 Å². The molecule has 1 aromatic carbocycles. The highest BCUT2D eigenvalue weighted by molar-refractivity contribution is 5.28. The number of alkyl halides is 2. The van der Waals surface area contributed by atoms with E-state index in [2.05, 4.69) is 4.74 Å². The molecule has 0 bridgehead atoms. The normalized spacial score (nSPS) is 10.3. The molecule has 0 spiro atoms. The summed E-state index contributed by atoms with van der Waals surface area (Å²) in [6.07, 6.45) is -3.23. The largest absolute Gasteiger partial charge is 0.433 e. The highest BCUT2D eigenvalue weighted by atomic mass is 19.3. The Morgan fingerprint density at radius 3 is 2.13 bits per heavy atom. The summed E-state index contributed by atoms with van der Waals surface area (Å²) in [7, 11) is 0. The summed E-state index contributed by atoms with van der Waals surface area (Å²) in [4.78, 5) is 0. The van der Waals surface area contributed by atoms with Crippen molar-refractivity contribution in [1.82, 2.24) is 0 Å². The number of benzene rings is 1. The second-order valence-electron chi connectivity index (χ2n) is 2.82. The molecule has 0 amide bonds. The lowest BCUT2D eigenvalue weighted by Gasteiger charge is -2.13. The van der Waals surface area contributed by atoms with Crippen LogP contribution in [-0.4, -0.2) is 6.11 Å². The fraction of sp³-hybridized carbons (Fsp3) is 0.455. The van der Waals surface area contributed by atoms with Crippen LogP contribution in [0.25, 0.3) is 0 Å². The smallest absolute Gasteiger partial charge is 0.394 e. The molecule has 1 nitrogen and oxygen atoms in total. The van der Waals surface area contributed by atoms with Crippen molar-refractivity contribution in [1.29, 1.82) is 0 Å². The summed E-state index contributed by atoms with van der Waals surface area (Å²) in [5, 5.41) is 0. The predicted molar refractivity (Wildman–Crippen MR) is 53.7 cm³/mol. The number of halogens is 3. The molecular formula is C11H15F3O. The lowest BCUT2D eigenvalue weighted by atomic mass is 10.2. The van der Waals surface area contributed by atoms with Gasteiger partial charge >= 0.3 is 6.11 Å². The molecule has 86 valence electrons. The molecule has 0 saturated carbocycles. The van der Waals surface area contributed by atoms with Crippen LogP contribution in [0, 0.1) is 12.7 Å². The highest BCUT2D eigenvalue weighted by Crippen LogP contribution is 2.22. The summed E-state index contributed by atoms with van der Waals surface area (Å²) < 4.78 is 41.6. The zero-order valence-corrected chi connectivity index (χ0v) is 9.27. The van der Waals surface area contributed by atoms with Crippen LogP contribution in [0.3, 0.4) is 0 Å². The maximum atomic E-state index is 12.7. The number of aryl methyl sites for hydroxylation is 1. The third kappa shape index (κ3) is 5.30. The molecular weight excluding hydrogens is 205 g/mol. The van der Waals surface area contributed by atoms with Crippen molar-refractivity contribution in [3.63, 3.8) is 0 Å². The lowest BCUT2D eigenvalue weighted by Crippen LogP contribution is -2.19. The van der Waals surface area contributed by atoms with Gasteiger partial charge in [0.1, 0.15) is 11.6 Å². The van der Waals surface area contributed by atoms with Gasteiger partial charge in [0.25, 0.3) is 0 Å². The van der Waals surface area contributed by atoms with Crippen LogP contribution >= 0.6 is 0 Å². The molecule has 15 heavy (non-hydrogen) atoms. The Morgan fingerprint density at radius 2 is 1.73 bits per heavy atom. The van der Waals surface area contributed by atoms with E-state index in [0.29, 0.717) is 6.92 Å². The van der Waals surface area contributed by atoms with Crippen LogP contribution in [0.5, 0.6) is 5.75 Å². The second-order valence-corrected chi connectivity index (χ2v) is 2.82. The van der Waals surface area contributed by atoms with Crippen molar-refractivity contribution >= 4 is 0 Å².